The monoisotopic (exact) mass is 378 g/mol. The summed E-state index contributed by atoms with van der Waals surface area (Å²) in [6.45, 7) is 6.77. The molecule has 2 fully saturated rings. The van der Waals surface area contributed by atoms with Crippen LogP contribution in [0.15, 0.2) is 23.8 Å². The van der Waals surface area contributed by atoms with Crippen molar-refractivity contribution in [3.63, 3.8) is 0 Å². The summed E-state index contributed by atoms with van der Waals surface area (Å²) in [5, 5.41) is 20.4. The molecule has 4 bridgehead atoms. The van der Waals surface area contributed by atoms with E-state index < -0.39 is 36.0 Å². The van der Waals surface area contributed by atoms with Crippen LogP contribution in [-0.2, 0) is 23.9 Å². The largest absolute Gasteiger partial charge is 0.456 e. The minimum atomic E-state index is -1.58. The molecule has 0 aromatic carbocycles. The fraction of sp³-hybridized carbons (Fsp3) is 0.650. The van der Waals surface area contributed by atoms with Crippen LogP contribution in [0.3, 0.4) is 0 Å². The molecule has 0 radical (unpaired) electrons. The molecule has 7 nitrogen and oxygen atoms in total. The molecule has 3 aliphatic heterocycles. The lowest BCUT2D eigenvalue weighted by Gasteiger charge is -2.32. The number of rotatable bonds is 2. The van der Waals surface area contributed by atoms with Crippen LogP contribution in [0.25, 0.3) is 0 Å². The Bertz CT molecular complexity index is 724. The molecule has 5 unspecified atom stereocenters. The number of ether oxygens (including phenoxy) is 2. The number of aliphatic hydroxyl groups is 2. The average Bonchev–Trinajstić information content (AvgIpc) is 2.97. The Labute approximate surface area is 158 Å². The van der Waals surface area contributed by atoms with E-state index in [2.05, 4.69) is 6.58 Å². The molecule has 0 amide bonds. The lowest BCUT2D eigenvalue weighted by Crippen LogP contribution is -2.44. The van der Waals surface area contributed by atoms with Crippen LogP contribution in [0.2, 0.25) is 0 Å². The molecule has 0 saturated carbocycles. The van der Waals surface area contributed by atoms with Gasteiger partial charge in [0.2, 0.25) is 0 Å². The second-order valence-electron chi connectivity index (χ2n) is 8.26. The van der Waals surface area contributed by atoms with Gasteiger partial charge in [0.1, 0.15) is 18.0 Å². The number of aliphatic hydroxyl groups excluding tert-OH is 2. The third-order valence-corrected chi connectivity index (χ3v) is 5.81. The van der Waals surface area contributed by atoms with E-state index in [9.17, 15) is 24.6 Å². The van der Waals surface area contributed by atoms with Gasteiger partial charge in [-0.25, -0.2) is 4.79 Å². The van der Waals surface area contributed by atoms with Gasteiger partial charge in [-0.15, -0.1) is 0 Å². The Hall–Kier alpha value is -1.83. The lowest BCUT2D eigenvalue weighted by atomic mass is 9.84. The Kier molecular flexibility index (Phi) is 5.14. The van der Waals surface area contributed by atoms with Crippen molar-refractivity contribution in [2.45, 2.75) is 69.4 Å². The van der Waals surface area contributed by atoms with E-state index in [4.69, 9.17) is 9.47 Å². The second-order valence-corrected chi connectivity index (χ2v) is 8.26. The number of carbonyl (C=O) groups is 3. The summed E-state index contributed by atoms with van der Waals surface area (Å²) < 4.78 is 11.3. The van der Waals surface area contributed by atoms with Crippen LogP contribution in [0.1, 0.15) is 46.0 Å². The average molecular weight is 378 g/mol. The SMILES string of the molecule is C=C(C)C1CC=C2C(=O)OC(CC3(C)CC(=O)C(CO)(CC(=O)C1)O3)C2O. The maximum Gasteiger partial charge on any atom is 0.336 e. The summed E-state index contributed by atoms with van der Waals surface area (Å²) in [5.74, 6) is -1.40. The normalized spacial score (nSPS) is 39.9. The standard InChI is InChI=1S/C20H26O7/c1-11(2)12-4-5-14-17(24)15(26-18(14)25)8-19(3)9-16(23)20(10-21,27-19)7-13(22)6-12/h5,12,15,17,21,24H,1,4,6-10H2,2-3H3. The van der Waals surface area contributed by atoms with Gasteiger partial charge in [-0.2, -0.15) is 0 Å². The second kappa shape index (κ2) is 6.96. The molecule has 7 heteroatoms. The van der Waals surface area contributed by atoms with Crippen molar-refractivity contribution in [1.29, 1.82) is 0 Å². The van der Waals surface area contributed by atoms with Crippen molar-refractivity contribution < 1.29 is 34.1 Å². The van der Waals surface area contributed by atoms with Gasteiger partial charge in [0.05, 0.1) is 17.8 Å². The summed E-state index contributed by atoms with van der Waals surface area (Å²) >= 11 is 0. The molecular formula is C20H26O7. The highest BCUT2D eigenvalue weighted by Gasteiger charge is 2.56. The smallest absolute Gasteiger partial charge is 0.336 e. The number of ketones is 2. The molecule has 3 rings (SSSR count). The number of hydrogen-bond donors (Lipinski definition) is 2. The third-order valence-electron chi connectivity index (χ3n) is 5.81. The summed E-state index contributed by atoms with van der Waals surface area (Å²) in [6, 6.07) is 0. The Morgan fingerprint density at radius 3 is 2.67 bits per heavy atom. The van der Waals surface area contributed by atoms with Gasteiger partial charge in [0, 0.05) is 25.7 Å². The van der Waals surface area contributed by atoms with Crippen molar-refractivity contribution in [3.05, 3.63) is 23.8 Å². The first-order chi connectivity index (χ1) is 12.6. The zero-order valence-electron chi connectivity index (χ0n) is 15.7. The molecule has 0 aliphatic carbocycles. The molecular weight excluding hydrogens is 352 g/mol. The van der Waals surface area contributed by atoms with Crippen molar-refractivity contribution in [3.8, 4) is 0 Å². The summed E-state index contributed by atoms with van der Waals surface area (Å²) in [6.07, 6.45) is -0.00359. The summed E-state index contributed by atoms with van der Waals surface area (Å²) in [5.41, 5.74) is -1.69. The molecule has 27 heavy (non-hydrogen) atoms. The van der Waals surface area contributed by atoms with Gasteiger partial charge in [-0.05, 0) is 26.2 Å². The van der Waals surface area contributed by atoms with Crippen LogP contribution in [0.4, 0.5) is 0 Å². The predicted octanol–water partition coefficient (Wildman–Crippen LogP) is 1.01. The molecule has 0 aromatic rings. The molecule has 2 N–H and O–H groups in total. The first-order valence-electron chi connectivity index (χ1n) is 9.20. The molecule has 3 heterocycles. The van der Waals surface area contributed by atoms with Crippen LogP contribution >= 0.6 is 0 Å². The zero-order chi connectivity index (χ0) is 20.0. The molecule has 5 atom stereocenters. The molecule has 0 spiro atoms. The van der Waals surface area contributed by atoms with Gasteiger partial charge < -0.3 is 19.7 Å². The number of carbonyl (C=O) groups excluding carboxylic acids is 3. The van der Waals surface area contributed by atoms with Crippen molar-refractivity contribution in [2.24, 2.45) is 5.92 Å². The highest BCUT2D eigenvalue weighted by molar-refractivity contribution is 5.96. The third kappa shape index (κ3) is 3.63. The zero-order valence-corrected chi connectivity index (χ0v) is 15.7. The summed E-state index contributed by atoms with van der Waals surface area (Å²) in [4.78, 5) is 37.5. The van der Waals surface area contributed by atoms with E-state index in [1.165, 1.54) is 0 Å². The van der Waals surface area contributed by atoms with E-state index in [1.54, 1.807) is 19.9 Å². The minimum Gasteiger partial charge on any atom is -0.456 e. The molecule has 148 valence electrons. The first kappa shape index (κ1) is 19.9. The number of fused-ring (bicyclic) bond motifs is 4. The van der Waals surface area contributed by atoms with E-state index in [1.807, 2.05) is 0 Å². The van der Waals surface area contributed by atoms with Gasteiger partial charge >= 0.3 is 5.97 Å². The van der Waals surface area contributed by atoms with Crippen molar-refractivity contribution >= 4 is 17.5 Å². The maximum atomic E-state index is 12.7. The minimum absolute atomic E-state index is 0.0232. The van der Waals surface area contributed by atoms with Crippen LogP contribution in [0, 0.1) is 5.92 Å². The predicted molar refractivity (Wildman–Crippen MR) is 94.7 cm³/mol. The lowest BCUT2D eigenvalue weighted by molar-refractivity contribution is -0.162. The maximum absolute atomic E-state index is 12.7. The Morgan fingerprint density at radius 2 is 2.04 bits per heavy atom. The fourth-order valence-corrected chi connectivity index (χ4v) is 4.26. The molecule has 0 aromatic heterocycles. The fourth-order valence-electron chi connectivity index (χ4n) is 4.26. The number of Topliss-reactive ketones (excluding diaryl/α,β-unsaturated/α-hetero) is 2. The van der Waals surface area contributed by atoms with Gasteiger partial charge in [-0.3, -0.25) is 9.59 Å². The van der Waals surface area contributed by atoms with Crippen LogP contribution < -0.4 is 0 Å². The number of hydrogen-bond acceptors (Lipinski definition) is 7. The van der Waals surface area contributed by atoms with Gasteiger partial charge in [0.25, 0.3) is 0 Å². The van der Waals surface area contributed by atoms with Crippen LogP contribution in [0.5, 0.6) is 0 Å². The van der Waals surface area contributed by atoms with E-state index >= 15 is 0 Å². The quantitative estimate of drug-likeness (QED) is 0.545. The number of allylic oxidation sites excluding steroid dienone is 2. The summed E-state index contributed by atoms with van der Waals surface area (Å²) in [7, 11) is 0. The highest BCUT2D eigenvalue weighted by atomic mass is 16.6. The topological polar surface area (TPSA) is 110 Å². The van der Waals surface area contributed by atoms with E-state index in [0.29, 0.717) is 6.42 Å². The Morgan fingerprint density at radius 1 is 1.33 bits per heavy atom. The first-order valence-corrected chi connectivity index (χ1v) is 9.20. The molecule has 2 saturated heterocycles. The van der Waals surface area contributed by atoms with Crippen molar-refractivity contribution in [1.82, 2.24) is 0 Å². The number of esters is 1. The van der Waals surface area contributed by atoms with Crippen LogP contribution in [-0.4, -0.2) is 57.8 Å². The Balaban J connectivity index is 2.01. The molecule has 3 aliphatic rings. The van der Waals surface area contributed by atoms with Crippen molar-refractivity contribution in [2.75, 3.05) is 6.61 Å². The van der Waals surface area contributed by atoms with E-state index in [0.717, 1.165) is 5.57 Å². The van der Waals surface area contributed by atoms with Gasteiger partial charge in [-0.1, -0.05) is 18.2 Å². The van der Waals surface area contributed by atoms with E-state index in [-0.39, 0.29) is 48.7 Å². The highest BCUT2D eigenvalue weighted by Crippen LogP contribution is 2.43. The van der Waals surface area contributed by atoms with Gasteiger partial charge in [0.15, 0.2) is 11.4 Å².